The van der Waals surface area contributed by atoms with Crippen LogP contribution in [0.25, 0.3) is 0 Å². The van der Waals surface area contributed by atoms with Gasteiger partial charge in [0.1, 0.15) is 0 Å². The SMILES string of the molecule is CC1(C)CCCNC1CNC(=O)Cc1ccc(C(F)(F)F)cc1.Cl. The summed E-state index contributed by atoms with van der Waals surface area (Å²) in [6, 6.07) is 4.94. The van der Waals surface area contributed by atoms with Crippen LogP contribution in [0.5, 0.6) is 0 Å². The lowest BCUT2D eigenvalue weighted by Gasteiger charge is -2.39. The summed E-state index contributed by atoms with van der Waals surface area (Å²) < 4.78 is 37.5. The van der Waals surface area contributed by atoms with Crippen molar-refractivity contribution in [1.82, 2.24) is 10.6 Å². The molecule has 0 saturated carbocycles. The lowest BCUT2D eigenvalue weighted by molar-refractivity contribution is -0.137. The number of nitrogens with one attached hydrogen (secondary N) is 2. The van der Waals surface area contributed by atoms with Crippen molar-refractivity contribution in [3.05, 3.63) is 35.4 Å². The molecule has 1 aromatic carbocycles. The lowest BCUT2D eigenvalue weighted by atomic mass is 9.77. The fourth-order valence-electron chi connectivity index (χ4n) is 2.89. The van der Waals surface area contributed by atoms with Crippen molar-refractivity contribution in [2.45, 2.75) is 45.3 Å². The fourth-order valence-corrected chi connectivity index (χ4v) is 2.89. The van der Waals surface area contributed by atoms with Crippen molar-refractivity contribution in [3.8, 4) is 0 Å². The van der Waals surface area contributed by atoms with E-state index in [2.05, 4.69) is 24.5 Å². The van der Waals surface area contributed by atoms with E-state index in [1.807, 2.05) is 0 Å². The molecule has 0 aromatic heterocycles. The number of hydrogen-bond donors (Lipinski definition) is 2. The van der Waals surface area contributed by atoms with Gasteiger partial charge in [0.15, 0.2) is 0 Å². The van der Waals surface area contributed by atoms with Crippen LogP contribution < -0.4 is 10.6 Å². The number of amides is 1. The number of piperidine rings is 1. The van der Waals surface area contributed by atoms with E-state index in [1.165, 1.54) is 12.1 Å². The summed E-state index contributed by atoms with van der Waals surface area (Å²) in [5.74, 6) is -0.173. The molecule has 1 unspecified atom stereocenters. The van der Waals surface area contributed by atoms with Crippen LogP contribution in [0.1, 0.15) is 37.8 Å². The Kier molecular flexibility index (Phi) is 7.10. The number of benzene rings is 1. The fraction of sp³-hybridized carbons (Fsp3) is 0.588. The van der Waals surface area contributed by atoms with Crippen LogP contribution in [0.15, 0.2) is 24.3 Å². The van der Waals surface area contributed by atoms with Gasteiger partial charge in [-0.25, -0.2) is 0 Å². The van der Waals surface area contributed by atoms with Crippen molar-refractivity contribution >= 4 is 18.3 Å². The summed E-state index contributed by atoms with van der Waals surface area (Å²) in [6.45, 7) is 5.83. The molecule has 1 aliphatic rings. The van der Waals surface area contributed by atoms with Gasteiger partial charge in [-0.15, -0.1) is 12.4 Å². The first kappa shape index (κ1) is 20.8. The number of rotatable bonds is 4. The molecule has 0 spiro atoms. The molecule has 136 valence electrons. The molecule has 2 N–H and O–H groups in total. The minimum absolute atomic E-state index is 0. The maximum absolute atomic E-state index is 12.5. The van der Waals surface area contributed by atoms with Gasteiger partial charge in [-0.3, -0.25) is 4.79 Å². The van der Waals surface area contributed by atoms with Gasteiger partial charge in [0.2, 0.25) is 5.91 Å². The van der Waals surface area contributed by atoms with E-state index in [-0.39, 0.29) is 36.2 Å². The zero-order valence-electron chi connectivity index (χ0n) is 13.9. The van der Waals surface area contributed by atoms with Crippen LogP contribution in [0.4, 0.5) is 13.2 Å². The third kappa shape index (κ3) is 5.67. The molecule has 0 radical (unpaired) electrons. The van der Waals surface area contributed by atoms with Crippen molar-refractivity contribution in [2.75, 3.05) is 13.1 Å². The molecule has 1 atom stereocenters. The summed E-state index contributed by atoms with van der Waals surface area (Å²) in [5, 5.41) is 6.29. The maximum Gasteiger partial charge on any atom is 0.416 e. The second-order valence-electron chi connectivity index (χ2n) is 6.77. The summed E-state index contributed by atoms with van der Waals surface area (Å²) in [7, 11) is 0. The van der Waals surface area contributed by atoms with E-state index in [1.54, 1.807) is 0 Å². The van der Waals surface area contributed by atoms with Gasteiger partial charge in [-0.1, -0.05) is 26.0 Å². The summed E-state index contributed by atoms with van der Waals surface area (Å²) in [6.07, 6.45) is -2.02. The molecular weight excluding hydrogens is 341 g/mol. The second kappa shape index (κ2) is 8.21. The highest BCUT2D eigenvalue weighted by Gasteiger charge is 2.32. The molecule has 0 bridgehead atoms. The number of hydrogen-bond acceptors (Lipinski definition) is 2. The summed E-state index contributed by atoms with van der Waals surface area (Å²) in [4.78, 5) is 12.0. The van der Waals surface area contributed by atoms with Gasteiger partial charge < -0.3 is 10.6 Å². The Hall–Kier alpha value is -1.27. The minimum Gasteiger partial charge on any atom is -0.354 e. The highest BCUT2D eigenvalue weighted by molar-refractivity contribution is 5.85. The summed E-state index contributed by atoms with van der Waals surface area (Å²) in [5.41, 5.74) is 0.000978. The minimum atomic E-state index is -4.35. The van der Waals surface area contributed by atoms with Crippen LogP contribution in [0, 0.1) is 5.41 Å². The molecule has 2 rings (SSSR count). The summed E-state index contributed by atoms with van der Waals surface area (Å²) >= 11 is 0. The van der Waals surface area contributed by atoms with Crippen molar-refractivity contribution in [1.29, 1.82) is 0 Å². The number of alkyl halides is 3. The Balaban J connectivity index is 0.00000288. The van der Waals surface area contributed by atoms with Gasteiger partial charge >= 0.3 is 6.18 Å². The molecule has 1 fully saturated rings. The smallest absolute Gasteiger partial charge is 0.354 e. The van der Waals surface area contributed by atoms with Crippen LogP contribution in [-0.2, 0) is 17.4 Å². The highest BCUT2D eigenvalue weighted by Crippen LogP contribution is 2.30. The molecule has 3 nitrogen and oxygen atoms in total. The van der Waals surface area contributed by atoms with Gasteiger partial charge in [0.25, 0.3) is 0 Å². The molecule has 0 aliphatic carbocycles. The van der Waals surface area contributed by atoms with E-state index in [9.17, 15) is 18.0 Å². The van der Waals surface area contributed by atoms with Crippen LogP contribution >= 0.6 is 12.4 Å². The quantitative estimate of drug-likeness (QED) is 0.857. The number of halogens is 4. The Labute approximate surface area is 146 Å². The first-order valence-electron chi connectivity index (χ1n) is 7.85. The van der Waals surface area contributed by atoms with E-state index in [0.717, 1.165) is 31.5 Å². The van der Waals surface area contributed by atoms with E-state index >= 15 is 0 Å². The predicted molar refractivity (Wildman–Crippen MR) is 90.2 cm³/mol. The van der Waals surface area contributed by atoms with Crippen molar-refractivity contribution in [3.63, 3.8) is 0 Å². The molecule has 1 aliphatic heterocycles. The predicted octanol–water partition coefficient (Wildman–Crippen LogP) is 3.56. The zero-order valence-corrected chi connectivity index (χ0v) is 14.7. The maximum atomic E-state index is 12.5. The third-order valence-electron chi connectivity index (χ3n) is 4.48. The highest BCUT2D eigenvalue weighted by atomic mass is 35.5. The van der Waals surface area contributed by atoms with Gasteiger partial charge in [0, 0.05) is 12.6 Å². The van der Waals surface area contributed by atoms with Crippen LogP contribution in [0.2, 0.25) is 0 Å². The van der Waals surface area contributed by atoms with E-state index in [4.69, 9.17) is 0 Å². The molecular formula is C17H24ClF3N2O. The normalized spacial score (nSPS) is 20.1. The van der Waals surface area contributed by atoms with E-state index in [0.29, 0.717) is 12.1 Å². The van der Waals surface area contributed by atoms with E-state index < -0.39 is 11.7 Å². The first-order chi connectivity index (χ1) is 10.7. The zero-order chi connectivity index (χ0) is 17.1. The molecule has 1 aromatic rings. The van der Waals surface area contributed by atoms with Crippen LogP contribution in [0.3, 0.4) is 0 Å². The standard InChI is InChI=1S/C17H23F3N2O.ClH/c1-16(2)8-3-9-21-14(16)11-22-15(23)10-12-4-6-13(7-5-12)17(18,19)20;/h4-7,14,21H,3,8-11H2,1-2H3,(H,22,23);1H. The average molecular weight is 365 g/mol. The number of carbonyl (C=O) groups excluding carboxylic acids is 1. The molecule has 1 heterocycles. The van der Waals surface area contributed by atoms with Gasteiger partial charge in [-0.2, -0.15) is 13.2 Å². The topological polar surface area (TPSA) is 41.1 Å². The van der Waals surface area contributed by atoms with Gasteiger partial charge in [-0.05, 0) is 42.5 Å². The van der Waals surface area contributed by atoms with Crippen molar-refractivity contribution < 1.29 is 18.0 Å². The Morgan fingerprint density at radius 1 is 1.29 bits per heavy atom. The first-order valence-corrected chi connectivity index (χ1v) is 7.85. The Bertz CT molecular complexity index is 544. The molecule has 24 heavy (non-hydrogen) atoms. The molecule has 7 heteroatoms. The largest absolute Gasteiger partial charge is 0.416 e. The molecule has 1 saturated heterocycles. The van der Waals surface area contributed by atoms with Gasteiger partial charge in [0.05, 0.1) is 12.0 Å². The molecule has 1 amide bonds. The third-order valence-corrected chi connectivity index (χ3v) is 4.48. The Morgan fingerprint density at radius 2 is 1.92 bits per heavy atom. The Morgan fingerprint density at radius 3 is 2.46 bits per heavy atom. The number of carbonyl (C=O) groups is 1. The monoisotopic (exact) mass is 364 g/mol. The van der Waals surface area contributed by atoms with Crippen LogP contribution in [-0.4, -0.2) is 25.0 Å². The lowest BCUT2D eigenvalue weighted by Crippen LogP contribution is -2.52. The second-order valence-corrected chi connectivity index (χ2v) is 6.77. The average Bonchev–Trinajstić information content (AvgIpc) is 2.45. The van der Waals surface area contributed by atoms with Crippen molar-refractivity contribution in [2.24, 2.45) is 5.41 Å².